The Bertz CT molecular complexity index is 682. The normalized spacial score (nSPS) is 17.7. The molecule has 0 radical (unpaired) electrons. The van der Waals surface area contributed by atoms with E-state index in [2.05, 4.69) is 5.10 Å². The van der Waals surface area contributed by atoms with Gasteiger partial charge in [0.2, 0.25) is 5.91 Å². The van der Waals surface area contributed by atoms with Gasteiger partial charge in [-0.1, -0.05) is 12.1 Å². The standard InChI is InChI=1S/C18H22FN3O/c1-14-12-20-21(13-14)9-7-18(23)22-8-3-6-17(22)11-15-4-2-5-16(19)10-15/h2,4-5,10,12-13,17H,3,6-9,11H2,1H3/t17-/m1/s1. The zero-order chi connectivity index (χ0) is 16.2. The molecule has 1 aliphatic heterocycles. The van der Waals surface area contributed by atoms with Gasteiger partial charge in [0.25, 0.3) is 0 Å². The molecule has 0 unspecified atom stereocenters. The number of aromatic nitrogens is 2. The van der Waals surface area contributed by atoms with Crippen LogP contribution in [-0.2, 0) is 17.8 Å². The first-order valence-corrected chi connectivity index (χ1v) is 8.15. The molecule has 122 valence electrons. The third kappa shape index (κ3) is 3.97. The number of hydrogen-bond acceptors (Lipinski definition) is 2. The van der Waals surface area contributed by atoms with Crippen LogP contribution < -0.4 is 0 Å². The fourth-order valence-electron chi connectivity index (χ4n) is 3.26. The van der Waals surface area contributed by atoms with Crippen molar-refractivity contribution in [1.29, 1.82) is 0 Å². The molecule has 1 fully saturated rings. The van der Waals surface area contributed by atoms with E-state index >= 15 is 0 Å². The van der Waals surface area contributed by atoms with Crippen LogP contribution in [0.3, 0.4) is 0 Å². The molecule has 1 aliphatic rings. The van der Waals surface area contributed by atoms with Crippen molar-refractivity contribution < 1.29 is 9.18 Å². The second-order valence-corrected chi connectivity index (χ2v) is 6.25. The molecular weight excluding hydrogens is 293 g/mol. The third-order valence-electron chi connectivity index (χ3n) is 4.37. The van der Waals surface area contributed by atoms with Gasteiger partial charge in [-0.15, -0.1) is 0 Å². The number of hydrogen-bond donors (Lipinski definition) is 0. The number of halogens is 1. The fraction of sp³-hybridized carbons (Fsp3) is 0.444. The van der Waals surface area contributed by atoms with Crippen LogP contribution in [0.2, 0.25) is 0 Å². The maximum atomic E-state index is 13.3. The third-order valence-corrected chi connectivity index (χ3v) is 4.37. The van der Waals surface area contributed by atoms with Gasteiger partial charge in [0.15, 0.2) is 0 Å². The van der Waals surface area contributed by atoms with E-state index in [0.29, 0.717) is 13.0 Å². The number of amides is 1. The van der Waals surface area contributed by atoms with Crippen molar-refractivity contribution in [3.63, 3.8) is 0 Å². The molecule has 1 aromatic carbocycles. The first-order chi connectivity index (χ1) is 11.1. The molecule has 0 spiro atoms. The Morgan fingerprint density at radius 3 is 3.04 bits per heavy atom. The van der Waals surface area contributed by atoms with Crippen molar-refractivity contribution in [2.24, 2.45) is 0 Å². The van der Waals surface area contributed by atoms with E-state index in [1.807, 2.05) is 28.8 Å². The summed E-state index contributed by atoms with van der Waals surface area (Å²) < 4.78 is 15.1. The van der Waals surface area contributed by atoms with Crippen LogP contribution >= 0.6 is 0 Å². The van der Waals surface area contributed by atoms with Crippen molar-refractivity contribution >= 4 is 5.91 Å². The van der Waals surface area contributed by atoms with Crippen LogP contribution in [0.15, 0.2) is 36.7 Å². The van der Waals surface area contributed by atoms with Crippen LogP contribution in [0.25, 0.3) is 0 Å². The molecule has 1 aromatic heterocycles. The largest absolute Gasteiger partial charge is 0.339 e. The van der Waals surface area contributed by atoms with Gasteiger partial charge in [-0.05, 0) is 49.4 Å². The molecule has 0 N–H and O–H groups in total. The lowest BCUT2D eigenvalue weighted by molar-refractivity contribution is -0.132. The van der Waals surface area contributed by atoms with E-state index in [1.165, 1.54) is 6.07 Å². The van der Waals surface area contributed by atoms with Gasteiger partial charge in [-0.25, -0.2) is 4.39 Å². The Hall–Kier alpha value is -2.17. The quantitative estimate of drug-likeness (QED) is 0.851. The van der Waals surface area contributed by atoms with Crippen molar-refractivity contribution in [3.05, 3.63) is 53.6 Å². The molecule has 2 aromatic rings. The van der Waals surface area contributed by atoms with Crippen LogP contribution in [0.1, 0.15) is 30.4 Å². The van der Waals surface area contributed by atoms with E-state index in [0.717, 1.165) is 36.9 Å². The van der Waals surface area contributed by atoms with Crippen molar-refractivity contribution in [3.8, 4) is 0 Å². The lowest BCUT2D eigenvalue weighted by Crippen LogP contribution is -2.37. The minimum Gasteiger partial charge on any atom is -0.339 e. The lowest BCUT2D eigenvalue weighted by atomic mass is 10.0. The average molecular weight is 315 g/mol. The van der Waals surface area contributed by atoms with Crippen LogP contribution in [-0.4, -0.2) is 33.2 Å². The van der Waals surface area contributed by atoms with Crippen LogP contribution in [0.4, 0.5) is 4.39 Å². The van der Waals surface area contributed by atoms with Gasteiger partial charge in [0.1, 0.15) is 5.82 Å². The number of rotatable bonds is 5. The summed E-state index contributed by atoms with van der Waals surface area (Å²) in [7, 11) is 0. The highest BCUT2D eigenvalue weighted by molar-refractivity contribution is 5.76. The summed E-state index contributed by atoms with van der Waals surface area (Å²) in [6.45, 7) is 3.40. The smallest absolute Gasteiger partial charge is 0.224 e. The average Bonchev–Trinajstić information content (AvgIpc) is 3.14. The molecule has 1 amide bonds. The molecule has 2 heterocycles. The molecule has 0 saturated carbocycles. The highest BCUT2D eigenvalue weighted by Crippen LogP contribution is 2.22. The number of nitrogens with zero attached hydrogens (tertiary/aromatic N) is 3. The molecule has 23 heavy (non-hydrogen) atoms. The highest BCUT2D eigenvalue weighted by Gasteiger charge is 2.28. The van der Waals surface area contributed by atoms with Crippen molar-refractivity contribution in [1.82, 2.24) is 14.7 Å². The zero-order valence-electron chi connectivity index (χ0n) is 13.4. The van der Waals surface area contributed by atoms with Gasteiger partial charge in [-0.2, -0.15) is 5.10 Å². The summed E-state index contributed by atoms with van der Waals surface area (Å²) in [5, 5.41) is 4.22. The molecular formula is C18H22FN3O. The van der Waals surface area contributed by atoms with Crippen molar-refractivity contribution in [2.75, 3.05) is 6.54 Å². The number of benzene rings is 1. The Balaban J connectivity index is 1.58. The van der Waals surface area contributed by atoms with Crippen LogP contribution in [0.5, 0.6) is 0 Å². The number of aryl methyl sites for hydroxylation is 2. The van der Waals surface area contributed by atoms with Gasteiger partial charge >= 0.3 is 0 Å². The van der Waals surface area contributed by atoms with Gasteiger partial charge < -0.3 is 4.90 Å². The molecule has 4 nitrogen and oxygen atoms in total. The Morgan fingerprint density at radius 2 is 2.30 bits per heavy atom. The first kappa shape index (κ1) is 15.7. The summed E-state index contributed by atoms with van der Waals surface area (Å²) >= 11 is 0. The SMILES string of the molecule is Cc1cnn(CCC(=O)N2CCC[C@@H]2Cc2cccc(F)c2)c1. The minimum atomic E-state index is -0.215. The van der Waals surface area contributed by atoms with E-state index in [4.69, 9.17) is 0 Å². The monoisotopic (exact) mass is 315 g/mol. The van der Waals surface area contributed by atoms with E-state index in [1.54, 1.807) is 18.3 Å². The fourth-order valence-corrected chi connectivity index (χ4v) is 3.26. The second kappa shape index (κ2) is 6.94. The molecule has 0 aliphatic carbocycles. The predicted molar refractivity (Wildman–Crippen MR) is 86.4 cm³/mol. The summed E-state index contributed by atoms with van der Waals surface area (Å²) in [6.07, 6.45) is 6.94. The lowest BCUT2D eigenvalue weighted by Gasteiger charge is -2.25. The molecule has 1 saturated heterocycles. The predicted octanol–water partition coefficient (Wildman–Crippen LogP) is 2.95. The molecule has 0 bridgehead atoms. The molecule has 1 atom stereocenters. The van der Waals surface area contributed by atoms with E-state index in [-0.39, 0.29) is 17.8 Å². The Kier molecular flexibility index (Phi) is 4.74. The molecule has 5 heteroatoms. The summed E-state index contributed by atoms with van der Waals surface area (Å²) in [6, 6.07) is 6.85. The zero-order valence-corrected chi connectivity index (χ0v) is 13.4. The Labute approximate surface area is 135 Å². The molecule has 3 rings (SSSR count). The van der Waals surface area contributed by atoms with E-state index in [9.17, 15) is 9.18 Å². The number of carbonyl (C=O) groups is 1. The van der Waals surface area contributed by atoms with Gasteiger partial charge in [0, 0.05) is 31.7 Å². The topological polar surface area (TPSA) is 38.1 Å². The summed E-state index contributed by atoms with van der Waals surface area (Å²) in [5.74, 6) is -0.0514. The van der Waals surface area contributed by atoms with Crippen molar-refractivity contribution in [2.45, 2.75) is 45.2 Å². The second-order valence-electron chi connectivity index (χ2n) is 6.25. The summed E-state index contributed by atoms with van der Waals surface area (Å²) in [5.41, 5.74) is 2.06. The first-order valence-electron chi connectivity index (χ1n) is 8.15. The number of likely N-dealkylation sites (tertiary alicyclic amines) is 1. The van der Waals surface area contributed by atoms with Crippen LogP contribution in [0, 0.1) is 12.7 Å². The summed E-state index contributed by atoms with van der Waals surface area (Å²) in [4.78, 5) is 14.5. The maximum absolute atomic E-state index is 13.3. The minimum absolute atomic E-state index is 0.164. The highest BCUT2D eigenvalue weighted by atomic mass is 19.1. The van der Waals surface area contributed by atoms with E-state index < -0.39 is 0 Å². The van der Waals surface area contributed by atoms with Gasteiger partial charge in [-0.3, -0.25) is 9.48 Å². The number of carbonyl (C=O) groups excluding carboxylic acids is 1. The van der Waals surface area contributed by atoms with Gasteiger partial charge in [0.05, 0.1) is 6.20 Å². The Morgan fingerprint density at radius 1 is 1.43 bits per heavy atom. The maximum Gasteiger partial charge on any atom is 0.224 e.